The molecule has 28 heavy (non-hydrogen) atoms. The number of aromatic nitrogens is 2. The van der Waals surface area contributed by atoms with Gasteiger partial charge in [0, 0.05) is 30.4 Å². The maximum Gasteiger partial charge on any atom is 0.258 e. The summed E-state index contributed by atoms with van der Waals surface area (Å²) >= 11 is 0. The summed E-state index contributed by atoms with van der Waals surface area (Å²) in [5.41, 5.74) is 1.84. The average Bonchev–Trinajstić information content (AvgIpc) is 3.13. The topological polar surface area (TPSA) is 85.2 Å². The number of aryl methyl sites for hydroxylation is 1. The van der Waals surface area contributed by atoms with E-state index >= 15 is 0 Å². The number of hydrogen-bond donors (Lipinski definition) is 2. The van der Waals surface area contributed by atoms with Gasteiger partial charge in [0.2, 0.25) is 5.91 Å². The Morgan fingerprint density at radius 3 is 2.68 bits per heavy atom. The molecule has 0 unspecified atom stereocenters. The summed E-state index contributed by atoms with van der Waals surface area (Å²) in [5.74, 6) is 0.374. The van der Waals surface area contributed by atoms with E-state index in [0.29, 0.717) is 23.9 Å². The van der Waals surface area contributed by atoms with Crippen molar-refractivity contribution in [1.82, 2.24) is 15.1 Å². The second kappa shape index (κ2) is 9.39. The fraction of sp³-hybridized carbons (Fsp3) is 0.476. The molecule has 2 N–H and O–H groups in total. The number of carbonyl (C=O) groups is 2. The minimum Gasteiger partial charge on any atom is -0.484 e. The Balaban J connectivity index is 1.41. The summed E-state index contributed by atoms with van der Waals surface area (Å²) in [5, 5.41) is 10.2. The summed E-state index contributed by atoms with van der Waals surface area (Å²) < 4.78 is 7.62. The molecule has 7 heteroatoms. The number of benzene rings is 1. The number of nitrogens with zero attached hydrogens (tertiary/aromatic N) is 2. The van der Waals surface area contributed by atoms with E-state index in [4.69, 9.17) is 4.74 Å². The van der Waals surface area contributed by atoms with Crippen LogP contribution in [0.5, 0.6) is 5.75 Å². The van der Waals surface area contributed by atoms with Crippen LogP contribution in [0.3, 0.4) is 0 Å². The second-order valence-electron chi connectivity index (χ2n) is 7.29. The maximum absolute atomic E-state index is 12.2. The highest BCUT2D eigenvalue weighted by molar-refractivity contribution is 5.90. The minimum absolute atomic E-state index is 0.0382. The molecule has 0 radical (unpaired) electrons. The lowest BCUT2D eigenvalue weighted by molar-refractivity contribution is -0.124. The van der Waals surface area contributed by atoms with Crippen molar-refractivity contribution in [2.75, 3.05) is 11.9 Å². The first-order valence-electron chi connectivity index (χ1n) is 9.86. The molecule has 0 atom stereocenters. The number of nitrogens with one attached hydrogen (secondary N) is 2. The number of amides is 2. The molecule has 1 heterocycles. The SMILES string of the molecule is CCC(=O)Nc1cccc(OCC(=O)NC2CCC(n3cc(C)cn3)CC2)c1. The Labute approximate surface area is 165 Å². The van der Waals surface area contributed by atoms with Crippen LogP contribution in [0.1, 0.15) is 50.6 Å². The third-order valence-electron chi connectivity index (χ3n) is 4.98. The van der Waals surface area contributed by atoms with Gasteiger partial charge in [-0.05, 0) is 50.3 Å². The number of ether oxygens (including phenoxy) is 1. The molecule has 0 bridgehead atoms. The van der Waals surface area contributed by atoms with E-state index in [2.05, 4.69) is 21.9 Å². The zero-order valence-corrected chi connectivity index (χ0v) is 16.5. The van der Waals surface area contributed by atoms with Crippen LogP contribution in [0.25, 0.3) is 0 Å². The van der Waals surface area contributed by atoms with Gasteiger partial charge in [0.1, 0.15) is 5.75 Å². The molecule has 2 amide bonds. The molecule has 1 aromatic carbocycles. The Kier molecular flexibility index (Phi) is 6.68. The van der Waals surface area contributed by atoms with Gasteiger partial charge in [-0.1, -0.05) is 13.0 Å². The predicted molar refractivity (Wildman–Crippen MR) is 107 cm³/mol. The van der Waals surface area contributed by atoms with Gasteiger partial charge in [0.15, 0.2) is 6.61 Å². The third kappa shape index (κ3) is 5.58. The molecule has 2 aromatic rings. The molecule has 0 aliphatic heterocycles. The van der Waals surface area contributed by atoms with E-state index in [9.17, 15) is 9.59 Å². The van der Waals surface area contributed by atoms with Crippen LogP contribution >= 0.6 is 0 Å². The van der Waals surface area contributed by atoms with Crippen molar-refractivity contribution in [2.24, 2.45) is 0 Å². The van der Waals surface area contributed by atoms with Crippen molar-refractivity contribution in [3.63, 3.8) is 0 Å². The Bertz CT molecular complexity index is 809. The van der Waals surface area contributed by atoms with Crippen LogP contribution in [-0.2, 0) is 9.59 Å². The molecule has 3 rings (SSSR count). The van der Waals surface area contributed by atoms with Gasteiger partial charge < -0.3 is 15.4 Å². The highest BCUT2D eigenvalue weighted by atomic mass is 16.5. The predicted octanol–water partition coefficient (Wildman–Crippen LogP) is 3.22. The smallest absolute Gasteiger partial charge is 0.258 e. The highest BCUT2D eigenvalue weighted by Crippen LogP contribution is 2.28. The normalized spacial score (nSPS) is 19.1. The van der Waals surface area contributed by atoms with Gasteiger partial charge in [-0.2, -0.15) is 5.10 Å². The van der Waals surface area contributed by atoms with Gasteiger partial charge >= 0.3 is 0 Å². The number of anilines is 1. The fourth-order valence-electron chi connectivity index (χ4n) is 3.45. The lowest BCUT2D eigenvalue weighted by Crippen LogP contribution is -2.40. The van der Waals surface area contributed by atoms with Crippen molar-refractivity contribution in [1.29, 1.82) is 0 Å². The van der Waals surface area contributed by atoms with Crippen molar-refractivity contribution >= 4 is 17.5 Å². The van der Waals surface area contributed by atoms with Crippen molar-refractivity contribution in [3.05, 3.63) is 42.2 Å². The molecular weight excluding hydrogens is 356 g/mol. The number of hydrogen-bond acceptors (Lipinski definition) is 4. The van der Waals surface area contributed by atoms with E-state index in [1.54, 1.807) is 31.2 Å². The molecule has 150 valence electrons. The number of rotatable bonds is 7. The first-order chi connectivity index (χ1) is 13.5. The molecule has 0 spiro atoms. The van der Waals surface area contributed by atoms with Gasteiger partial charge in [-0.3, -0.25) is 14.3 Å². The van der Waals surface area contributed by atoms with E-state index in [-0.39, 0.29) is 24.5 Å². The van der Waals surface area contributed by atoms with E-state index in [1.165, 1.54) is 5.56 Å². The molecule has 0 saturated heterocycles. The van der Waals surface area contributed by atoms with Crippen LogP contribution in [0, 0.1) is 6.92 Å². The monoisotopic (exact) mass is 384 g/mol. The third-order valence-corrected chi connectivity index (χ3v) is 4.98. The Morgan fingerprint density at radius 1 is 1.21 bits per heavy atom. The molecule has 1 aromatic heterocycles. The van der Waals surface area contributed by atoms with Crippen LogP contribution in [0.2, 0.25) is 0 Å². The van der Waals surface area contributed by atoms with Crippen LogP contribution in [0.4, 0.5) is 5.69 Å². The van der Waals surface area contributed by atoms with E-state index in [1.807, 2.05) is 17.8 Å². The van der Waals surface area contributed by atoms with Gasteiger partial charge in [0.05, 0.1) is 12.2 Å². The highest BCUT2D eigenvalue weighted by Gasteiger charge is 2.24. The lowest BCUT2D eigenvalue weighted by Gasteiger charge is -2.29. The summed E-state index contributed by atoms with van der Waals surface area (Å²) in [4.78, 5) is 23.7. The fourth-order valence-corrected chi connectivity index (χ4v) is 3.45. The zero-order chi connectivity index (χ0) is 19.9. The average molecular weight is 384 g/mol. The Hall–Kier alpha value is -2.83. The van der Waals surface area contributed by atoms with Crippen LogP contribution < -0.4 is 15.4 Å². The van der Waals surface area contributed by atoms with Crippen molar-refractivity contribution in [2.45, 2.75) is 58.0 Å². The molecule has 7 nitrogen and oxygen atoms in total. The van der Waals surface area contributed by atoms with Crippen molar-refractivity contribution < 1.29 is 14.3 Å². The largest absolute Gasteiger partial charge is 0.484 e. The Morgan fingerprint density at radius 2 is 2.00 bits per heavy atom. The summed E-state index contributed by atoms with van der Waals surface area (Å²) in [6, 6.07) is 7.67. The number of carbonyl (C=O) groups excluding carboxylic acids is 2. The maximum atomic E-state index is 12.2. The first kappa shape index (κ1) is 19.9. The van der Waals surface area contributed by atoms with E-state index < -0.39 is 0 Å². The molecular formula is C21H28N4O3. The van der Waals surface area contributed by atoms with Crippen molar-refractivity contribution in [3.8, 4) is 5.75 Å². The zero-order valence-electron chi connectivity index (χ0n) is 16.5. The molecule has 1 aliphatic carbocycles. The summed E-state index contributed by atoms with van der Waals surface area (Å²) in [7, 11) is 0. The first-order valence-corrected chi connectivity index (χ1v) is 9.86. The molecule has 1 saturated carbocycles. The van der Waals surface area contributed by atoms with E-state index in [0.717, 1.165) is 25.7 Å². The summed E-state index contributed by atoms with van der Waals surface area (Å²) in [6.45, 7) is 3.80. The minimum atomic E-state index is -0.124. The van der Waals surface area contributed by atoms with Gasteiger partial charge in [-0.15, -0.1) is 0 Å². The standard InChI is InChI=1S/C21H28N4O3/c1-3-20(26)24-17-5-4-6-19(11-17)28-14-21(27)23-16-7-9-18(10-8-16)25-13-15(2)12-22-25/h4-6,11-13,16,18H,3,7-10,14H2,1-2H3,(H,23,27)(H,24,26). The van der Waals surface area contributed by atoms with Gasteiger partial charge in [0.25, 0.3) is 5.91 Å². The summed E-state index contributed by atoms with van der Waals surface area (Å²) in [6.07, 6.45) is 8.26. The molecule has 1 fully saturated rings. The quantitative estimate of drug-likeness (QED) is 0.768. The van der Waals surface area contributed by atoms with Gasteiger partial charge in [-0.25, -0.2) is 0 Å². The molecule has 1 aliphatic rings. The second-order valence-corrected chi connectivity index (χ2v) is 7.29. The van der Waals surface area contributed by atoms with Crippen LogP contribution in [0.15, 0.2) is 36.7 Å². The van der Waals surface area contributed by atoms with Crippen LogP contribution in [-0.4, -0.2) is 34.2 Å². The lowest BCUT2D eigenvalue weighted by atomic mass is 9.91.